The van der Waals surface area contributed by atoms with Crippen LogP contribution in [0.4, 0.5) is 0 Å². The Morgan fingerprint density at radius 2 is 1.33 bits per heavy atom. The lowest BCUT2D eigenvalue weighted by atomic mass is 9.16. The molecule has 2 rings (SSSR count). The van der Waals surface area contributed by atoms with Gasteiger partial charge in [-0.05, 0) is 31.9 Å². The monoisotopic (exact) mass is 260 g/mol. The van der Waals surface area contributed by atoms with Gasteiger partial charge in [0.15, 0.2) is 0 Å². The molecule has 0 amide bonds. The molecule has 0 N–H and O–H groups in total. The number of hydrogen-bond donors (Lipinski definition) is 0. The first-order valence-electron chi connectivity index (χ1n) is 6.74. The van der Waals surface area contributed by atoms with E-state index in [2.05, 4.69) is 27.6 Å². The highest BCUT2D eigenvalue weighted by Crippen LogP contribution is 2.23. The molecule has 2 aromatic rings. The van der Waals surface area contributed by atoms with E-state index in [9.17, 15) is 0 Å². The summed E-state index contributed by atoms with van der Waals surface area (Å²) in [4.78, 5) is 0. The molecule has 0 saturated carbocycles. The van der Waals surface area contributed by atoms with Crippen LogP contribution in [0.3, 0.4) is 0 Å². The van der Waals surface area contributed by atoms with Crippen molar-refractivity contribution in [2.45, 2.75) is 20.8 Å². The largest absolute Gasteiger partial charge is 0.114 e. The Balaban J connectivity index is 0.00000106. The number of rotatable bonds is 2. The van der Waals surface area contributed by atoms with Crippen molar-refractivity contribution >= 4 is 56.2 Å². The highest BCUT2D eigenvalue weighted by Gasteiger charge is 2.18. The van der Waals surface area contributed by atoms with Crippen LogP contribution < -0.4 is 10.9 Å². The van der Waals surface area contributed by atoms with Crippen molar-refractivity contribution in [3.63, 3.8) is 0 Å². The van der Waals surface area contributed by atoms with Crippen LogP contribution in [0, 0.1) is 20.8 Å². The van der Waals surface area contributed by atoms with Gasteiger partial charge in [-0.15, -0.1) is 0 Å². The summed E-state index contributed by atoms with van der Waals surface area (Å²) in [5.41, 5.74) is 7.16. The molecule has 0 nitrogen and oxygen atoms in total. The normalized spacial score (nSPS) is 9.67. The Kier molecular flexibility index (Phi) is 6.58. The lowest BCUT2D eigenvalue weighted by molar-refractivity contribution is 1.36. The van der Waals surface area contributed by atoms with Crippen LogP contribution >= 0.6 is 0 Å². The van der Waals surface area contributed by atoms with Crippen molar-refractivity contribution in [3.8, 4) is 11.1 Å². The Labute approximate surface area is 135 Å². The number of hydrogen-bond acceptors (Lipinski definition) is 0. The van der Waals surface area contributed by atoms with E-state index in [4.69, 9.17) is 23.3 Å². The van der Waals surface area contributed by atoms with Crippen LogP contribution in [0.5, 0.6) is 0 Å². The van der Waals surface area contributed by atoms with Gasteiger partial charge >= 0.3 is 0 Å². The molecule has 0 heterocycles. The van der Waals surface area contributed by atoms with Crippen molar-refractivity contribution in [2.24, 2.45) is 0 Å². The van der Waals surface area contributed by atoms with E-state index >= 15 is 0 Å². The lowest BCUT2D eigenvalue weighted by Crippen LogP contribution is -2.39. The predicted octanol–water partition coefficient (Wildman–Crippen LogP) is 0.343. The van der Waals surface area contributed by atoms with Crippen LogP contribution in [0.1, 0.15) is 16.7 Å². The summed E-state index contributed by atoms with van der Waals surface area (Å²) >= 11 is 0. The van der Waals surface area contributed by atoms with Gasteiger partial charge in [0.05, 0.1) is 6.49 Å². The van der Waals surface area contributed by atoms with Gasteiger partial charge in [0.2, 0.25) is 0 Å². The maximum atomic E-state index is 6.21. The highest BCUT2D eigenvalue weighted by molar-refractivity contribution is 7.35. The molecule has 0 aliphatic heterocycles. The molecule has 0 saturated heterocycles. The summed E-state index contributed by atoms with van der Waals surface area (Å²) in [6.07, 6.45) is 0. The molecule has 21 heavy (non-hydrogen) atoms. The van der Waals surface area contributed by atoms with E-state index in [0.717, 1.165) is 38.7 Å². The molecule has 0 bridgehead atoms. The zero-order chi connectivity index (χ0) is 16.2. The molecule has 0 spiro atoms. The molecule has 2 aromatic carbocycles. The van der Waals surface area contributed by atoms with E-state index in [-0.39, 0.29) is 0 Å². The molecular weight excluding hydrogens is 245 g/mol. The molecule has 0 aliphatic carbocycles. The minimum Gasteiger partial charge on any atom is -0.0901 e. The second-order valence-electron chi connectivity index (χ2n) is 4.97. The molecular formula is C15H14B6. The molecule has 0 fully saturated rings. The third-order valence-electron chi connectivity index (χ3n) is 3.81. The van der Waals surface area contributed by atoms with Crippen molar-refractivity contribution in [2.75, 3.05) is 0 Å². The zero-order valence-corrected chi connectivity index (χ0v) is 12.9. The SMILES string of the molecule is [B]B([B])c1c(C)c(C)c([B])c(C)c1-c1ccccc1.[B][B]. The molecule has 0 unspecified atom stereocenters. The molecule has 10 radical (unpaired) electrons. The Morgan fingerprint density at radius 1 is 0.810 bits per heavy atom. The van der Waals surface area contributed by atoms with Crippen molar-refractivity contribution < 1.29 is 0 Å². The quantitative estimate of drug-likeness (QED) is 0.682. The van der Waals surface area contributed by atoms with Crippen LogP contribution in [0.2, 0.25) is 0 Å². The first-order chi connectivity index (χ1) is 9.95. The second-order valence-corrected chi connectivity index (χ2v) is 4.97. The van der Waals surface area contributed by atoms with Crippen LogP contribution in [-0.4, -0.2) is 45.3 Å². The van der Waals surface area contributed by atoms with Crippen molar-refractivity contribution in [1.82, 2.24) is 0 Å². The number of benzene rings is 2. The summed E-state index contributed by atoms with van der Waals surface area (Å²) in [5.74, 6) is 0. The third kappa shape index (κ3) is 3.54. The molecule has 92 valence electrons. The van der Waals surface area contributed by atoms with Crippen molar-refractivity contribution in [1.29, 1.82) is 0 Å². The fourth-order valence-electron chi connectivity index (χ4n) is 2.60. The van der Waals surface area contributed by atoms with Gasteiger partial charge in [0.25, 0.3) is 0 Å². The lowest BCUT2D eigenvalue weighted by Gasteiger charge is -2.24. The average Bonchev–Trinajstić information content (AvgIpc) is 2.51. The summed E-state index contributed by atoms with van der Waals surface area (Å²) in [6, 6.07) is 10.1. The van der Waals surface area contributed by atoms with Crippen molar-refractivity contribution in [3.05, 3.63) is 47.0 Å². The Morgan fingerprint density at radius 3 is 1.81 bits per heavy atom. The van der Waals surface area contributed by atoms with Gasteiger partial charge in [-0.1, -0.05) is 57.9 Å². The Bertz CT molecular complexity index is 608. The minimum absolute atomic E-state index is 0.506. The topological polar surface area (TPSA) is 0 Å². The minimum atomic E-state index is -0.506. The van der Waals surface area contributed by atoms with Gasteiger partial charge in [-0.3, -0.25) is 0 Å². The van der Waals surface area contributed by atoms with Gasteiger partial charge < -0.3 is 0 Å². The molecule has 6 heteroatoms. The van der Waals surface area contributed by atoms with E-state index in [0.29, 0.717) is 0 Å². The average molecular weight is 259 g/mol. The second kappa shape index (κ2) is 7.73. The maximum absolute atomic E-state index is 6.21. The molecule has 0 aromatic heterocycles. The van der Waals surface area contributed by atoms with Crippen LogP contribution in [0.25, 0.3) is 11.1 Å². The Hall–Kier alpha value is -1.17. The summed E-state index contributed by atoms with van der Waals surface area (Å²) < 4.78 is 0. The fraction of sp³-hybridized carbons (Fsp3) is 0.200. The van der Waals surface area contributed by atoms with Gasteiger partial charge in [-0.2, -0.15) is 0 Å². The third-order valence-corrected chi connectivity index (χ3v) is 3.81. The highest BCUT2D eigenvalue weighted by atomic mass is 14.1. The molecule has 0 atom stereocenters. The first-order valence-corrected chi connectivity index (χ1v) is 6.74. The van der Waals surface area contributed by atoms with Crippen LogP contribution in [0.15, 0.2) is 30.3 Å². The van der Waals surface area contributed by atoms with Gasteiger partial charge in [-0.25, -0.2) is 0 Å². The predicted molar refractivity (Wildman–Crippen MR) is 99.9 cm³/mol. The van der Waals surface area contributed by atoms with Gasteiger partial charge in [0.1, 0.15) is 7.85 Å². The standard InChI is InChI=1S/C15H14B4.B2/c1-9-10(2)15(19(17)18)13(11(3)14(9)16)12-7-5-4-6-8-12;1-2/h4-8H,1-3H3;. The summed E-state index contributed by atoms with van der Waals surface area (Å²) in [5, 5.41) is 0. The van der Waals surface area contributed by atoms with E-state index in [1.807, 2.05) is 39.0 Å². The van der Waals surface area contributed by atoms with E-state index in [1.165, 1.54) is 0 Å². The van der Waals surface area contributed by atoms with Crippen LogP contribution in [-0.2, 0) is 0 Å². The smallest absolute Gasteiger partial charge is 0.0901 e. The summed E-state index contributed by atoms with van der Waals surface area (Å²) in [6.45, 7) is 5.56. The molecule has 0 aliphatic rings. The van der Waals surface area contributed by atoms with E-state index in [1.54, 1.807) is 0 Å². The zero-order valence-electron chi connectivity index (χ0n) is 12.9. The van der Waals surface area contributed by atoms with E-state index < -0.39 is 6.49 Å². The maximum Gasteiger partial charge on any atom is 0.114 e. The first kappa shape index (κ1) is 17.9. The van der Waals surface area contributed by atoms with Gasteiger partial charge in [0, 0.05) is 30.9 Å². The fourth-order valence-corrected chi connectivity index (χ4v) is 2.60. The summed E-state index contributed by atoms with van der Waals surface area (Å²) in [7, 11) is 26.2.